The Kier molecular flexibility index (Phi) is 5.29. The van der Waals surface area contributed by atoms with E-state index in [9.17, 15) is 0 Å². The van der Waals surface area contributed by atoms with Gasteiger partial charge in [0.2, 0.25) is 0 Å². The summed E-state index contributed by atoms with van der Waals surface area (Å²) in [6.07, 6.45) is 5.73. The van der Waals surface area contributed by atoms with Crippen molar-refractivity contribution in [3.8, 4) is 0 Å². The molecular weight excluding hydrogens is 268 g/mol. The zero-order valence-electron chi connectivity index (χ0n) is 11.5. The Morgan fingerprint density at radius 1 is 1.40 bits per heavy atom. The van der Waals surface area contributed by atoms with Crippen molar-refractivity contribution in [2.45, 2.75) is 12.6 Å². The molecule has 3 N–H and O–H groups in total. The maximum absolute atomic E-state index is 5.67. The summed E-state index contributed by atoms with van der Waals surface area (Å²) in [5, 5.41) is 3.06. The molecule has 2 rings (SSSR count). The minimum absolute atomic E-state index is 0.0753. The van der Waals surface area contributed by atoms with Crippen LogP contribution in [0.25, 0.3) is 0 Å². The summed E-state index contributed by atoms with van der Waals surface area (Å²) in [4.78, 5) is 10.2. The summed E-state index contributed by atoms with van der Waals surface area (Å²) in [5.74, 6) is 0. The summed E-state index contributed by atoms with van der Waals surface area (Å²) in [6.45, 7) is 9.69. The van der Waals surface area contributed by atoms with Crippen LogP contribution < -0.4 is 5.73 Å². The highest BCUT2D eigenvalue weighted by molar-refractivity contribution is 7.09. The number of H-pyrrole nitrogens is 1. The molecule has 5 heteroatoms. The van der Waals surface area contributed by atoms with Gasteiger partial charge in [0.25, 0.3) is 0 Å². The third kappa shape index (κ3) is 3.25. The van der Waals surface area contributed by atoms with E-state index in [2.05, 4.69) is 34.1 Å². The number of rotatable bonds is 8. The summed E-state index contributed by atoms with van der Waals surface area (Å²) in [6, 6.07) is 4.15. The average molecular weight is 288 g/mol. The molecule has 0 aliphatic carbocycles. The van der Waals surface area contributed by atoms with E-state index < -0.39 is 0 Å². The first kappa shape index (κ1) is 14.7. The molecule has 2 aromatic heterocycles. The Labute approximate surface area is 123 Å². The second-order valence-corrected chi connectivity index (χ2v) is 5.33. The Morgan fingerprint density at radius 3 is 2.65 bits per heavy atom. The number of hydrogen-bond acceptors (Lipinski definition) is 4. The maximum Gasteiger partial charge on any atom is 0.116 e. The Hall–Kier alpha value is -1.69. The van der Waals surface area contributed by atoms with Crippen molar-refractivity contribution in [2.75, 3.05) is 13.1 Å². The van der Waals surface area contributed by atoms with Gasteiger partial charge >= 0.3 is 0 Å². The van der Waals surface area contributed by atoms with Crippen LogP contribution in [0.5, 0.6) is 0 Å². The number of nitrogens with one attached hydrogen (secondary N) is 1. The van der Waals surface area contributed by atoms with Crippen LogP contribution in [0.1, 0.15) is 22.4 Å². The summed E-state index contributed by atoms with van der Waals surface area (Å²) >= 11 is 1.64. The van der Waals surface area contributed by atoms with Crippen molar-refractivity contribution >= 4 is 11.3 Å². The molecule has 0 saturated carbocycles. The fraction of sp³-hybridized carbons (Fsp3) is 0.267. The van der Waals surface area contributed by atoms with E-state index in [1.54, 1.807) is 11.3 Å². The van der Waals surface area contributed by atoms with Gasteiger partial charge in [0.1, 0.15) is 11.0 Å². The molecule has 0 fully saturated rings. The molecule has 1 atom stereocenters. The largest absolute Gasteiger partial charge is 0.363 e. The van der Waals surface area contributed by atoms with Crippen LogP contribution in [-0.4, -0.2) is 28.0 Å². The molecule has 0 aliphatic rings. The molecule has 2 heterocycles. The van der Waals surface area contributed by atoms with Crippen molar-refractivity contribution in [1.82, 2.24) is 14.9 Å². The average Bonchev–Trinajstić information content (AvgIpc) is 3.11. The molecule has 0 aromatic carbocycles. The number of thiazole rings is 1. The second kappa shape index (κ2) is 7.19. The summed E-state index contributed by atoms with van der Waals surface area (Å²) in [7, 11) is 0. The van der Waals surface area contributed by atoms with E-state index in [4.69, 9.17) is 5.73 Å². The van der Waals surface area contributed by atoms with Crippen molar-refractivity contribution < 1.29 is 0 Å². The minimum atomic E-state index is 0.0753. The van der Waals surface area contributed by atoms with Crippen molar-refractivity contribution in [1.29, 1.82) is 0 Å². The second-order valence-electron chi connectivity index (χ2n) is 4.44. The van der Waals surface area contributed by atoms with E-state index in [1.807, 2.05) is 29.8 Å². The topological polar surface area (TPSA) is 57.9 Å². The lowest BCUT2D eigenvalue weighted by atomic mass is 10.1. The van der Waals surface area contributed by atoms with Crippen molar-refractivity contribution in [3.05, 3.63) is 65.4 Å². The summed E-state index contributed by atoms with van der Waals surface area (Å²) in [5.41, 5.74) is 7.71. The highest BCUT2D eigenvalue weighted by Gasteiger charge is 2.24. The van der Waals surface area contributed by atoms with E-state index in [-0.39, 0.29) is 6.04 Å². The SMILES string of the molecule is C=CCN(CC=C)C(c1ccc[nH]1)c1nc(CN)cs1. The van der Waals surface area contributed by atoms with Crippen LogP contribution in [0, 0.1) is 0 Å². The first-order valence-electron chi connectivity index (χ1n) is 6.53. The fourth-order valence-electron chi connectivity index (χ4n) is 2.16. The Morgan fingerprint density at radius 2 is 2.15 bits per heavy atom. The van der Waals surface area contributed by atoms with Gasteiger partial charge in [0, 0.05) is 36.9 Å². The molecule has 2 aromatic rings. The quantitative estimate of drug-likeness (QED) is 0.734. The molecule has 0 spiro atoms. The predicted octanol–water partition coefficient (Wildman–Crippen LogP) is 2.69. The van der Waals surface area contributed by atoms with Crippen molar-refractivity contribution in [2.24, 2.45) is 5.73 Å². The van der Waals surface area contributed by atoms with Crippen LogP contribution >= 0.6 is 11.3 Å². The first-order chi connectivity index (χ1) is 9.80. The van der Waals surface area contributed by atoms with Gasteiger partial charge in [0.05, 0.1) is 5.69 Å². The van der Waals surface area contributed by atoms with Crippen LogP contribution in [0.3, 0.4) is 0 Å². The van der Waals surface area contributed by atoms with E-state index in [1.165, 1.54) is 0 Å². The van der Waals surface area contributed by atoms with Gasteiger partial charge < -0.3 is 10.7 Å². The van der Waals surface area contributed by atoms with Gasteiger partial charge in [-0.15, -0.1) is 24.5 Å². The van der Waals surface area contributed by atoms with Gasteiger partial charge in [-0.25, -0.2) is 4.98 Å². The number of nitrogens with zero attached hydrogens (tertiary/aromatic N) is 2. The Bertz CT molecular complexity index is 534. The monoisotopic (exact) mass is 288 g/mol. The third-order valence-electron chi connectivity index (χ3n) is 3.02. The highest BCUT2D eigenvalue weighted by Crippen LogP contribution is 2.30. The predicted molar refractivity (Wildman–Crippen MR) is 84.6 cm³/mol. The molecule has 4 nitrogen and oxygen atoms in total. The smallest absolute Gasteiger partial charge is 0.116 e. The molecule has 1 unspecified atom stereocenters. The van der Waals surface area contributed by atoms with Gasteiger partial charge in [0.15, 0.2) is 0 Å². The zero-order chi connectivity index (χ0) is 14.4. The lowest BCUT2D eigenvalue weighted by Gasteiger charge is -2.27. The lowest BCUT2D eigenvalue weighted by Crippen LogP contribution is -2.30. The number of aromatic amines is 1. The summed E-state index contributed by atoms with van der Waals surface area (Å²) < 4.78 is 0. The van der Waals surface area contributed by atoms with E-state index in [0.29, 0.717) is 6.54 Å². The third-order valence-corrected chi connectivity index (χ3v) is 3.97. The lowest BCUT2D eigenvalue weighted by molar-refractivity contribution is 0.273. The number of aromatic nitrogens is 2. The van der Waals surface area contributed by atoms with Crippen LogP contribution in [0.15, 0.2) is 49.0 Å². The molecule has 0 bridgehead atoms. The molecule has 0 radical (unpaired) electrons. The number of nitrogens with two attached hydrogens (primary N) is 1. The molecular formula is C15H20N4S. The van der Waals surface area contributed by atoms with Gasteiger partial charge in [-0.05, 0) is 12.1 Å². The zero-order valence-corrected chi connectivity index (χ0v) is 12.3. The van der Waals surface area contributed by atoms with Gasteiger partial charge in [-0.3, -0.25) is 4.90 Å². The Balaban J connectivity index is 2.37. The standard InChI is InChI=1S/C15H20N4S/c1-3-8-19(9-4-2)14(13-6-5-7-17-13)15-18-12(10-16)11-20-15/h3-7,11,14,17H,1-2,8-10,16H2. The maximum atomic E-state index is 5.67. The minimum Gasteiger partial charge on any atom is -0.363 e. The molecule has 20 heavy (non-hydrogen) atoms. The van der Waals surface area contributed by atoms with Crippen LogP contribution in [0.2, 0.25) is 0 Å². The van der Waals surface area contributed by atoms with E-state index >= 15 is 0 Å². The molecule has 106 valence electrons. The van der Waals surface area contributed by atoms with Crippen molar-refractivity contribution in [3.63, 3.8) is 0 Å². The molecule has 0 amide bonds. The van der Waals surface area contributed by atoms with Crippen LogP contribution in [-0.2, 0) is 6.54 Å². The highest BCUT2D eigenvalue weighted by atomic mass is 32.1. The first-order valence-corrected chi connectivity index (χ1v) is 7.41. The normalized spacial score (nSPS) is 12.5. The number of hydrogen-bond donors (Lipinski definition) is 2. The molecule has 0 aliphatic heterocycles. The van der Waals surface area contributed by atoms with Gasteiger partial charge in [-0.1, -0.05) is 12.2 Å². The molecule has 0 saturated heterocycles. The van der Waals surface area contributed by atoms with E-state index in [0.717, 1.165) is 29.5 Å². The van der Waals surface area contributed by atoms with Crippen LogP contribution in [0.4, 0.5) is 0 Å². The van der Waals surface area contributed by atoms with Gasteiger partial charge in [-0.2, -0.15) is 0 Å². The fourth-order valence-corrected chi connectivity index (χ4v) is 3.14.